The fraction of sp³-hybridized carbons (Fsp3) is 0.115. The van der Waals surface area contributed by atoms with E-state index < -0.39 is 35.6 Å². The topological polar surface area (TPSA) is 49.3 Å². The maximum absolute atomic E-state index is 13.4. The van der Waals surface area contributed by atoms with Crippen molar-refractivity contribution in [1.82, 2.24) is 5.32 Å². The minimum atomic E-state index is -4.52. The van der Waals surface area contributed by atoms with E-state index in [0.29, 0.717) is 16.5 Å². The average molecular weight is 453 g/mol. The number of aliphatic hydroxyl groups is 1. The highest BCUT2D eigenvalue weighted by atomic mass is 19.4. The number of fused-ring (bicyclic) bond motifs is 1. The summed E-state index contributed by atoms with van der Waals surface area (Å²) >= 11 is 0. The van der Waals surface area contributed by atoms with Gasteiger partial charge in [-0.2, -0.15) is 13.2 Å². The first-order chi connectivity index (χ1) is 15.7. The second-order valence-corrected chi connectivity index (χ2v) is 7.59. The van der Waals surface area contributed by atoms with E-state index in [2.05, 4.69) is 5.32 Å². The number of halogens is 4. The fourth-order valence-corrected chi connectivity index (χ4v) is 3.72. The lowest BCUT2D eigenvalue weighted by molar-refractivity contribution is -0.137. The van der Waals surface area contributed by atoms with Gasteiger partial charge in [0.2, 0.25) is 0 Å². The number of hydrogen-bond acceptors (Lipinski definition) is 2. The standard InChI is InChI=1S/C26H19F4NO2/c27-20-14-10-18(11-15-20)24(32)23(17-8-12-19(13-9-17)26(28,29)30)31-25(33)22-7-3-5-16-4-1-2-6-21(16)22/h1-15,23-24,32H,(H,31,33). The zero-order valence-electron chi connectivity index (χ0n) is 17.2. The van der Waals surface area contributed by atoms with Crippen LogP contribution in [0.1, 0.15) is 39.2 Å². The molecule has 0 heterocycles. The van der Waals surface area contributed by atoms with E-state index in [9.17, 15) is 27.5 Å². The third kappa shape index (κ3) is 4.88. The number of aliphatic hydroxyl groups excluding tert-OH is 1. The van der Waals surface area contributed by atoms with Crippen LogP contribution in [0.15, 0.2) is 91.0 Å². The quantitative estimate of drug-likeness (QED) is 0.354. The summed E-state index contributed by atoms with van der Waals surface area (Å²) in [5.41, 5.74) is 0.0888. The van der Waals surface area contributed by atoms with Crippen LogP contribution in [-0.2, 0) is 6.18 Å². The van der Waals surface area contributed by atoms with Gasteiger partial charge in [0.05, 0.1) is 11.6 Å². The number of amides is 1. The molecule has 33 heavy (non-hydrogen) atoms. The predicted octanol–water partition coefficient (Wildman–Crippen LogP) is 6.20. The number of rotatable bonds is 5. The first-order valence-electron chi connectivity index (χ1n) is 10.1. The largest absolute Gasteiger partial charge is 0.416 e. The van der Waals surface area contributed by atoms with Crippen LogP contribution in [0.3, 0.4) is 0 Å². The Morgan fingerprint density at radius 2 is 1.39 bits per heavy atom. The van der Waals surface area contributed by atoms with Crippen molar-refractivity contribution in [2.24, 2.45) is 0 Å². The second-order valence-electron chi connectivity index (χ2n) is 7.59. The summed E-state index contributed by atoms with van der Waals surface area (Å²) in [5.74, 6) is -1.00. The van der Waals surface area contributed by atoms with Crippen molar-refractivity contribution in [3.8, 4) is 0 Å². The first kappa shape index (κ1) is 22.5. The van der Waals surface area contributed by atoms with Crippen LogP contribution < -0.4 is 5.32 Å². The summed E-state index contributed by atoms with van der Waals surface area (Å²) in [4.78, 5) is 13.2. The molecule has 0 aliphatic carbocycles. The molecule has 4 aromatic rings. The number of nitrogens with one attached hydrogen (secondary N) is 1. The van der Waals surface area contributed by atoms with E-state index in [1.165, 1.54) is 24.3 Å². The van der Waals surface area contributed by atoms with Crippen LogP contribution in [0.25, 0.3) is 10.8 Å². The van der Waals surface area contributed by atoms with Gasteiger partial charge in [-0.25, -0.2) is 4.39 Å². The number of benzene rings is 4. The Hall–Kier alpha value is -3.71. The van der Waals surface area contributed by atoms with Crippen molar-refractivity contribution in [2.45, 2.75) is 18.3 Å². The molecule has 0 saturated carbocycles. The van der Waals surface area contributed by atoms with Crippen molar-refractivity contribution in [3.05, 3.63) is 119 Å². The molecule has 3 nitrogen and oxygen atoms in total. The summed E-state index contributed by atoms with van der Waals surface area (Å²) < 4.78 is 52.4. The van der Waals surface area contributed by atoms with Gasteiger partial charge in [-0.05, 0) is 52.2 Å². The zero-order valence-corrected chi connectivity index (χ0v) is 17.2. The Morgan fingerprint density at radius 1 is 0.788 bits per heavy atom. The molecule has 2 unspecified atom stereocenters. The summed E-state index contributed by atoms with van der Waals surface area (Å²) in [6.07, 6.45) is -5.85. The summed E-state index contributed by atoms with van der Waals surface area (Å²) in [5, 5.41) is 15.3. The summed E-state index contributed by atoms with van der Waals surface area (Å²) in [6.45, 7) is 0. The van der Waals surface area contributed by atoms with E-state index in [0.717, 1.165) is 29.7 Å². The SMILES string of the molecule is O=C(NC(c1ccc(C(F)(F)F)cc1)C(O)c1ccc(F)cc1)c1cccc2ccccc12. The minimum absolute atomic E-state index is 0.272. The number of carbonyl (C=O) groups is 1. The Labute approximate surface area is 187 Å². The fourth-order valence-electron chi connectivity index (χ4n) is 3.72. The van der Waals surface area contributed by atoms with Gasteiger partial charge < -0.3 is 10.4 Å². The normalized spacial score (nSPS) is 13.5. The number of alkyl halides is 3. The molecular formula is C26H19F4NO2. The molecule has 0 fully saturated rings. The third-order valence-electron chi connectivity index (χ3n) is 5.45. The summed E-state index contributed by atoms with van der Waals surface area (Å²) in [7, 11) is 0. The molecule has 0 aromatic heterocycles. The van der Waals surface area contributed by atoms with Gasteiger partial charge in [0.1, 0.15) is 11.9 Å². The molecule has 0 aliphatic heterocycles. The molecule has 0 saturated heterocycles. The molecule has 7 heteroatoms. The smallest absolute Gasteiger partial charge is 0.386 e. The van der Waals surface area contributed by atoms with Gasteiger partial charge in [0.15, 0.2) is 0 Å². The van der Waals surface area contributed by atoms with Crippen molar-refractivity contribution in [1.29, 1.82) is 0 Å². The van der Waals surface area contributed by atoms with Crippen LogP contribution in [0.5, 0.6) is 0 Å². The lowest BCUT2D eigenvalue weighted by Crippen LogP contribution is -2.33. The molecule has 4 aromatic carbocycles. The Balaban J connectivity index is 1.72. The van der Waals surface area contributed by atoms with E-state index in [-0.39, 0.29) is 5.56 Å². The molecule has 2 atom stereocenters. The van der Waals surface area contributed by atoms with Crippen molar-refractivity contribution in [3.63, 3.8) is 0 Å². The Morgan fingerprint density at radius 3 is 2.06 bits per heavy atom. The van der Waals surface area contributed by atoms with Gasteiger partial charge in [-0.3, -0.25) is 4.79 Å². The van der Waals surface area contributed by atoms with Crippen LogP contribution >= 0.6 is 0 Å². The zero-order chi connectivity index (χ0) is 23.6. The first-order valence-corrected chi connectivity index (χ1v) is 10.1. The van der Waals surface area contributed by atoms with Crippen LogP contribution in [-0.4, -0.2) is 11.0 Å². The maximum Gasteiger partial charge on any atom is 0.416 e. The molecule has 168 valence electrons. The highest BCUT2D eigenvalue weighted by molar-refractivity contribution is 6.07. The minimum Gasteiger partial charge on any atom is -0.386 e. The van der Waals surface area contributed by atoms with E-state index in [1.54, 1.807) is 24.3 Å². The third-order valence-corrected chi connectivity index (χ3v) is 5.45. The molecular weight excluding hydrogens is 434 g/mol. The van der Waals surface area contributed by atoms with Crippen molar-refractivity contribution in [2.75, 3.05) is 0 Å². The lowest BCUT2D eigenvalue weighted by Gasteiger charge is -2.26. The van der Waals surface area contributed by atoms with Crippen LogP contribution in [0.2, 0.25) is 0 Å². The van der Waals surface area contributed by atoms with E-state index in [1.807, 2.05) is 18.2 Å². The average Bonchev–Trinajstić information content (AvgIpc) is 2.81. The second kappa shape index (κ2) is 9.03. The van der Waals surface area contributed by atoms with Crippen LogP contribution in [0, 0.1) is 5.82 Å². The molecule has 2 N–H and O–H groups in total. The summed E-state index contributed by atoms with van der Waals surface area (Å²) in [6, 6.07) is 20.7. The highest BCUT2D eigenvalue weighted by Gasteiger charge is 2.31. The van der Waals surface area contributed by atoms with Gasteiger partial charge in [0, 0.05) is 5.56 Å². The van der Waals surface area contributed by atoms with Gasteiger partial charge in [0.25, 0.3) is 5.91 Å². The molecule has 0 spiro atoms. The molecule has 0 aliphatic rings. The maximum atomic E-state index is 13.4. The monoisotopic (exact) mass is 453 g/mol. The van der Waals surface area contributed by atoms with Gasteiger partial charge >= 0.3 is 6.18 Å². The number of hydrogen-bond donors (Lipinski definition) is 2. The van der Waals surface area contributed by atoms with Gasteiger partial charge in [-0.15, -0.1) is 0 Å². The van der Waals surface area contributed by atoms with Crippen molar-refractivity contribution >= 4 is 16.7 Å². The van der Waals surface area contributed by atoms with Crippen LogP contribution in [0.4, 0.5) is 17.6 Å². The van der Waals surface area contributed by atoms with Crippen molar-refractivity contribution < 1.29 is 27.5 Å². The van der Waals surface area contributed by atoms with E-state index in [4.69, 9.17) is 0 Å². The number of carbonyl (C=O) groups excluding carboxylic acids is 1. The van der Waals surface area contributed by atoms with E-state index >= 15 is 0 Å². The Bertz CT molecular complexity index is 1260. The molecule has 0 radical (unpaired) electrons. The predicted molar refractivity (Wildman–Crippen MR) is 117 cm³/mol. The Kier molecular flexibility index (Phi) is 6.16. The van der Waals surface area contributed by atoms with Gasteiger partial charge in [-0.1, -0.05) is 60.7 Å². The highest BCUT2D eigenvalue weighted by Crippen LogP contribution is 2.33. The molecule has 1 amide bonds. The molecule has 0 bridgehead atoms. The lowest BCUT2D eigenvalue weighted by atomic mass is 9.94. The molecule has 4 rings (SSSR count).